The summed E-state index contributed by atoms with van der Waals surface area (Å²) in [4.78, 5) is 25.4. The second-order valence-electron chi connectivity index (χ2n) is 5.25. The maximum atomic E-state index is 12.8. The fraction of sp³-hybridized carbons (Fsp3) is 0.375. The molecule has 0 N–H and O–H groups in total. The van der Waals surface area contributed by atoms with Crippen molar-refractivity contribution in [2.75, 3.05) is 6.61 Å². The minimum absolute atomic E-state index is 0.193. The van der Waals surface area contributed by atoms with Gasteiger partial charge in [-0.05, 0) is 24.8 Å². The molecule has 0 amide bonds. The number of fused-ring (bicyclic) bond motifs is 1. The Morgan fingerprint density at radius 2 is 2.05 bits per heavy atom. The summed E-state index contributed by atoms with van der Waals surface area (Å²) in [6.07, 6.45) is 2.70. The molecule has 1 atom stereocenters. The van der Waals surface area contributed by atoms with E-state index in [-0.39, 0.29) is 12.2 Å². The number of Topliss-reactive ketones (excluding diaryl/α,β-unsaturated/α-hetero) is 1. The number of aryl methyl sites for hydroxylation is 1. The summed E-state index contributed by atoms with van der Waals surface area (Å²) in [6, 6.07) is 7.25. The van der Waals surface area contributed by atoms with Crippen LogP contribution in [0.3, 0.4) is 0 Å². The van der Waals surface area contributed by atoms with E-state index in [4.69, 9.17) is 39.5 Å². The van der Waals surface area contributed by atoms with Gasteiger partial charge in [0.15, 0.2) is 5.78 Å². The highest BCUT2D eigenvalue weighted by molar-refractivity contribution is 6.67. The Kier molecular flexibility index (Phi) is 5.21. The summed E-state index contributed by atoms with van der Waals surface area (Å²) in [5.74, 6) is -0.929. The van der Waals surface area contributed by atoms with Crippen LogP contribution in [0.1, 0.15) is 28.8 Å². The van der Waals surface area contributed by atoms with Crippen molar-refractivity contribution in [3.63, 3.8) is 0 Å². The topological polar surface area (TPSA) is 43.4 Å². The van der Waals surface area contributed by atoms with E-state index in [1.807, 2.05) is 12.1 Å². The van der Waals surface area contributed by atoms with Crippen molar-refractivity contribution < 1.29 is 14.3 Å². The molecule has 0 spiro atoms. The number of esters is 1. The molecule has 0 bridgehead atoms. The van der Waals surface area contributed by atoms with Gasteiger partial charge in [0.25, 0.3) is 0 Å². The Balaban J connectivity index is 2.32. The molecule has 0 saturated carbocycles. The SMILES string of the molecule is C=CC[C@]1(C(=O)OCC(Cl)(Cl)Cl)CCc2ccccc2C1=O. The molecular weight excluding hydrogens is 347 g/mol. The van der Waals surface area contributed by atoms with Gasteiger partial charge in [0.2, 0.25) is 3.79 Å². The predicted octanol–water partition coefficient (Wildman–Crippen LogP) is 4.29. The monoisotopic (exact) mass is 360 g/mol. The van der Waals surface area contributed by atoms with E-state index in [1.54, 1.807) is 18.2 Å². The molecule has 0 fully saturated rings. The highest BCUT2D eigenvalue weighted by Crippen LogP contribution is 2.40. The lowest BCUT2D eigenvalue weighted by Gasteiger charge is -2.34. The molecule has 1 aliphatic rings. The largest absolute Gasteiger partial charge is 0.460 e. The van der Waals surface area contributed by atoms with Crippen LogP contribution in [-0.2, 0) is 16.0 Å². The lowest BCUT2D eigenvalue weighted by molar-refractivity contribution is -0.153. The van der Waals surface area contributed by atoms with Crippen LogP contribution in [0.5, 0.6) is 0 Å². The summed E-state index contributed by atoms with van der Waals surface area (Å²) in [5.41, 5.74) is 0.189. The van der Waals surface area contributed by atoms with Crippen LogP contribution >= 0.6 is 34.8 Å². The highest BCUT2D eigenvalue weighted by atomic mass is 35.6. The molecule has 0 radical (unpaired) electrons. The van der Waals surface area contributed by atoms with Crippen LogP contribution < -0.4 is 0 Å². The lowest BCUT2D eigenvalue weighted by Crippen LogP contribution is -2.44. The fourth-order valence-corrected chi connectivity index (χ4v) is 2.85. The standard InChI is InChI=1S/C16H15Cl3O3/c1-2-8-15(14(21)22-10-16(17,18)19)9-7-11-5-3-4-6-12(11)13(15)20/h2-6H,1,7-10H2/t15-/m0/s1. The third kappa shape index (κ3) is 3.48. The van der Waals surface area contributed by atoms with Crippen molar-refractivity contribution in [1.82, 2.24) is 0 Å². The Morgan fingerprint density at radius 1 is 1.36 bits per heavy atom. The molecule has 0 unspecified atom stereocenters. The van der Waals surface area contributed by atoms with Crippen molar-refractivity contribution in [1.29, 1.82) is 0 Å². The number of alkyl halides is 3. The average molecular weight is 362 g/mol. The second-order valence-corrected chi connectivity index (χ2v) is 7.77. The minimum Gasteiger partial charge on any atom is -0.460 e. The highest BCUT2D eigenvalue weighted by Gasteiger charge is 2.49. The van der Waals surface area contributed by atoms with E-state index < -0.39 is 21.8 Å². The maximum absolute atomic E-state index is 12.8. The molecule has 1 aliphatic carbocycles. The number of carbonyl (C=O) groups is 2. The number of hydrogen-bond acceptors (Lipinski definition) is 3. The molecular formula is C16H15Cl3O3. The zero-order valence-electron chi connectivity index (χ0n) is 11.8. The van der Waals surface area contributed by atoms with Gasteiger partial charge < -0.3 is 4.74 Å². The summed E-state index contributed by atoms with van der Waals surface area (Å²) >= 11 is 16.8. The van der Waals surface area contributed by atoms with Gasteiger partial charge in [0, 0.05) is 5.56 Å². The molecule has 0 aliphatic heterocycles. The van der Waals surface area contributed by atoms with Gasteiger partial charge in [-0.1, -0.05) is 65.1 Å². The molecule has 118 valence electrons. The summed E-state index contributed by atoms with van der Waals surface area (Å²) in [5, 5.41) is 0. The number of hydrogen-bond donors (Lipinski definition) is 0. The molecule has 0 aromatic heterocycles. The molecule has 1 aromatic rings. The van der Waals surface area contributed by atoms with Gasteiger partial charge in [-0.25, -0.2) is 0 Å². The Labute approximate surface area is 144 Å². The van der Waals surface area contributed by atoms with Crippen molar-refractivity contribution in [2.24, 2.45) is 5.41 Å². The van der Waals surface area contributed by atoms with Gasteiger partial charge in [0.1, 0.15) is 12.0 Å². The summed E-state index contributed by atoms with van der Waals surface area (Å²) < 4.78 is 3.38. The molecule has 2 rings (SSSR count). The molecule has 1 aromatic carbocycles. The number of ether oxygens (including phenoxy) is 1. The third-order valence-corrected chi connectivity index (χ3v) is 4.10. The summed E-state index contributed by atoms with van der Waals surface area (Å²) in [7, 11) is 0. The zero-order valence-corrected chi connectivity index (χ0v) is 14.0. The lowest BCUT2D eigenvalue weighted by atomic mass is 9.68. The van der Waals surface area contributed by atoms with E-state index in [2.05, 4.69) is 6.58 Å². The first-order valence-corrected chi connectivity index (χ1v) is 7.91. The van der Waals surface area contributed by atoms with Crippen molar-refractivity contribution in [2.45, 2.75) is 23.1 Å². The number of ketones is 1. The molecule has 22 heavy (non-hydrogen) atoms. The number of benzene rings is 1. The fourth-order valence-electron chi connectivity index (χ4n) is 2.68. The third-order valence-electron chi connectivity index (χ3n) is 3.77. The van der Waals surface area contributed by atoms with Gasteiger partial charge in [0.05, 0.1) is 0 Å². The van der Waals surface area contributed by atoms with Gasteiger partial charge in [-0.15, -0.1) is 6.58 Å². The number of rotatable bonds is 4. The molecule has 3 nitrogen and oxygen atoms in total. The first-order valence-electron chi connectivity index (χ1n) is 6.78. The minimum atomic E-state index is -1.71. The van der Waals surface area contributed by atoms with E-state index in [9.17, 15) is 9.59 Å². The Hall–Kier alpha value is -1.03. The number of carbonyl (C=O) groups excluding carboxylic acids is 2. The van der Waals surface area contributed by atoms with E-state index in [0.717, 1.165) is 5.56 Å². The average Bonchev–Trinajstić information content (AvgIpc) is 2.47. The number of halogens is 3. The first-order chi connectivity index (χ1) is 10.3. The van der Waals surface area contributed by atoms with Crippen LogP contribution in [0.15, 0.2) is 36.9 Å². The van der Waals surface area contributed by atoms with Gasteiger partial charge in [-0.3, -0.25) is 9.59 Å². The maximum Gasteiger partial charge on any atom is 0.320 e. The first kappa shape index (κ1) is 17.3. The van der Waals surface area contributed by atoms with Gasteiger partial charge >= 0.3 is 5.97 Å². The van der Waals surface area contributed by atoms with E-state index >= 15 is 0 Å². The van der Waals surface area contributed by atoms with Crippen LogP contribution in [0, 0.1) is 5.41 Å². The van der Waals surface area contributed by atoms with Crippen molar-refractivity contribution in [3.05, 3.63) is 48.0 Å². The zero-order chi connectivity index (χ0) is 16.4. The van der Waals surface area contributed by atoms with Gasteiger partial charge in [-0.2, -0.15) is 0 Å². The smallest absolute Gasteiger partial charge is 0.320 e. The van der Waals surface area contributed by atoms with Crippen LogP contribution in [-0.4, -0.2) is 22.2 Å². The van der Waals surface area contributed by atoms with E-state index in [1.165, 1.54) is 0 Å². The number of allylic oxidation sites excluding steroid dienone is 1. The summed E-state index contributed by atoms with van der Waals surface area (Å²) in [6.45, 7) is 3.24. The Morgan fingerprint density at radius 3 is 2.68 bits per heavy atom. The van der Waals surface area contributed by atoms with E-state index in [0.29, 0.717) is 18.4 Å². The predicted molar refractivity (Wildman–Crippen MR) is 87.6 cm³/mol. The second kappa shape index (κ2) is 6.61. The normalized spacial score (nSPS) is 21.1. The molecule has 0 saturated heterocycles. The molecule has 6 heteroatoms. The van der Waals surface area contributed by atoms with Crippen molar-refractivity contribution in [3.8, 4) is 0 Å². The van der Waals surface area contributed by atoms with Crippen LogP contribution in [0.25, 0.3) is 0 Å². The Bertz CT molecular complexity index is 607. The quantitative estimate of drug-likeness (QED) is 0.348. The van der Waals surface area contributed by atoms with Crippen molar-refractivity contribution >= 4 is 46.6 Å². The van der Waals surface area contributed by atoms with Crippen LogP contribution in [0.4, 0.5) is 0 Å². The van der Waals surface area contributed by atoms with Crippen LogP contribution in [0.2, 0.25) is 0 Å². The molecule has 0 heterocycles.